The lowest BCUT2D eigenvalue weighted by Gasteiger charge is -2.32. The van der Waals surface area contributed by atoms with Gasteiger partial charge in [-0.1, -0.05) is 48.5 Å². The molecule has 36 heavy (non-hydrogen) atoms. The van der Waals surface area contributed by atoms with Gasteiger partial charge in [0.25, 0.3) is 5.91 Å². The second-order valence-electron chi connectivity index (χ2n) is 9.03. The molecule has 0 aliphatic carbocycles. The number of benzene rings is 3. The summed E-state index contributed by atoms with van der Waals surface area (Å²) in [6.45, 7) is 1.94. The van der Waals surface area contributed by atoms with Crippen LogP contribution in [0, 0.1) is 0 Å². The SMILES string of the molecule is O=C(Cc1ccccc1)NC1CCN(C(=O)c2ccccc2C(=O)c2ccc3c(c2)OCCO3)CC1. The van der Waals surface area contributed by atoms with Crippen LogP contribution in [0.1, 0.15) is 44.7 Å². The number of fused-ring (bicyclic) bond motifs is 1. The Balaban J connectivity index is 1.23. The zero-order valence-electron chi connectivity index (χ0n) is 19.9. The zero-order chi connectivity index (χ0) is 24.9. The summed E-state index contributed by atoms with van der Waals surface area (Å²) in [5.41, 5.74) is 2.16. The van der Waals surface area contributed by atoms with Crippen LogP contribution in [0.15, 0.2) is 72.8 Å². The van der Waals surface area contributed by atoms with Crippen molar-refractivity contribution in [3.8, 4) is 11.5 Å². The van der Waals surface area contributed by atoms with Crippen LogP contribution in [0.4, 0.5) is 0 Å². The number of carbonyl (C=O) groups is 3. The van der Waals surface area contributed by atoms with Gasteiger partial charge in [-0.15, -0.1) is 0 Å². The van der Waals surface area contributed by atoms with Gasteiger partial charge in [0.05, 0.1) is 12.0 Å². The van der Waals surface area contributed by atoms with Gasteiger partial charge in [0.15, 0.2) is 17.3 Å². The quantitative estimate of drug-likeness (QED) is 0.540. The average Bonchev–Trinajstić information content (AvgIpc) is 2.93. The number of likely N-dealkylation sites (tertiary alicyclic amines) is 1. The van der Waals surface area contributed by atoms with Crippen molar-refractivity contribution in [1.82, 2.24) is 10.2 Å². The number of carbonyl (C=O) groups excluding carboxylic acids is 3. The van der Waals surface area contributed by atoms with Crippen molar-refractivity contribution in [2.75, 3.05) is 26.3 Å². The van der Waals surface area contributed by atoms with Crippen molar-refractivity contribution in [3.63, 3.8) is 0 Å². The number of ketones is 1. The minimum Gasteiger partial charge on any atom is -0.486 e. The van der Waals surface area contributed by atoms with Crippen LogP contribution >= 0.6 is 0 Å². The first-order chi connectivity index (χ1) is 17.6. The molecule has 0 unspecified atom stereocenters. The predicted octanol–water partition coefficient (Wildman–Crippen LogP) is 3.65. The van der Waals surface area contributed by atoms with E-state index in [0.29, 0.717) is 73.8 Å². The van der Waals surface area contributed by atoms with E-state index < -0.39 is 0 Å². The number of nitrogens with one attached hydrogen (secondary N) is 1. The normalized spacial score (nSPS) is 15.3. The molecular formula is C29H28N2O5. The van der Waals surface area contributed by atoms with Crippen molar-refractivity contribution in [1.29, 1.82) is 0 Å². The molecule has 184 valence electrons. The van der Waals surface area contributed by atoms with E-state index in [2.05, 4.69) is 5.32 Å². The molecule has 0 spiro atoms. The molecule has 2 heterocycles. The van der Waals surface area contributed by atoms with Crippen molar-refractivity contribution in [2.24, 2.45) is 0 Å². The molecule has 0 radical (unpaired) electrons. The highest BCUT2D eigenvalue weighted by atomic mass is 16.6. The number of hydrogen-bond donors (Lipinski definition) is 1. The molecule has 7 nitrogen and oxygen atoms in total. The van der Waals surface area contributed by atoms with Crippen molar-refractivity contribution >= 4 is 17.6 Å². The van der Waals surface area contributed by atoms with Gasteiger partial charge >= 0.3 is 0 Å². The third-order valence-electron chi connectivity index (χ3n) is 6.56. The molecule has 1 saturated heterocycles. The lowest BCUT2D eigenvalue weighted by Crippen LogP contribution is -2.47. The Morgan fingerprint density at radius 3 is 2.22 bits per heavy atom. The van der Waals surface area contributed by atoms with Crippen molar-refractivity contribution < 1.29 is 23.9 Å². The Morgan fingerprint density at radius 2 is 1.47 bits per heavy atom. The molecule has 5 rings (SSSR count). The highest BCUT2D eigenvalue weighted by molar-refractivity contribution is 6.15. The first-order valence-corrected chi connectivity index (χ1v) is 12.2. The number of hydrogen-bond acceptors (Lipinski definition) is 5. The predicted molar refractivity (Wildman–Crippen MR) is 135 cm³/mol. The number of rotatable bonds is 6. The Kier molecular flexibility index (Phi) is 6.98. The van der Waals surface area contributed by atoms with Crippen LogP contribution in [0.2, 0.25) is 0 Å². The standard InChI is InChI=1S/C29H28N2O5/c32-27(18-20-6-2-1-3-7-20)30-22-12-14-31(15-13-22)29(34)24-9-5-4-8-23(24)28(33)21-10-11-25-26(19-21)36-17-16-35-25/h1-11,19,22H,12-18H2,(H,30,32). The van der Waals surface area contributed by atoms with Crippen LogP contribution < -0.4 is 14.8 Å². The Hall–Kier alpha value is -4.13. The van der Waals surface area contributed by atoms with E-state index in [-0.39, 0.29) is 23.6 Å². The topological polar surface area (TPSA) is 84.9 Å². The first kappa shape index (κ1) is 23.6. The molecule has 0 bridgehead atoms. The molecule has 0 atom stereocenters. The fraction of sp³-hybridized carbons (Fsp3) is 0.276. The minimum atomic E-state index is -0.237. The Bertz CT molecular complexity index is 1270. The maximum absolute atomic E-state index is 13.4. The smallest absolute Gasteiger partial charge is 0.254 e. The van der Waals surface area contributed by atoms with Gasteiger partial charge in [0.1, 0.15) is 13.2 Å². The lowest BCUT2D eigenvalue weighted by atomic mass is 9.96. The van der Waals surface area contributed by atoms with E-state index in [1.54, 1.807) is 47.4 Å². The largest absolute Gasteiger partial charge is 0.486 e. The fourth-order valence-electron chi connectivity index (χ4n) is 4.66. The van der Waals surface area contributed by atoms with Gasteiger partial charge in [-0.25, -0.2) is 0 Å². The number of ether oxygens (including phenoxy) is 2. The maximum Gasteiger partial charge on any atom is 0.254 e. The highest BCUT2D eigenvalue weighted by Gasteiger charge is 2.27. The zero-order valence-corrected chi connectivity index (χ0v) is 19.9. The lowest BCUT2D eigenvalue weighted by molar-refractivity contribution is -0.121. The summed E-state index contributed by atoms with van der Waals surface area (Å²) >= 11 is 0. The van der Waals surface area contributed by atoms with Gasteiger partial charge in [-0.05, 0) is 42.7 Å². The summed E-state index contributed by atoms with van der Waals surface area (Å²) in [7, 11) is 0. The minimum absolute atomic E-state index is 0.0126. The van der Waals surface area contributed by atoms with E-state index in [1.807, 2.05) is 30.3 Å². The first-order valence-electron chi connectivity index (χ1n) is 12.2. The van der Waals surface area contributed by atoms with Gasteiger partial charge in [0.2, 0.25) is 5.91 Å². The summed E-state index contributed by atoms with van der Waals surface area (Å²) in [6.07, 6.45) is 1.68. The second-order valence-corrected chi connectivity index (χ2v) is 9.03. The molecular weight excluding hydrogens is 456 g/mol. The number of piperidine rings is 1. The molecule has 1 fully saturated rings. The average molecular weight is 485 g/mol. The van der Waals surface area contributed by atoms with Crippen LogP contribution in [-0.4, -0.2) is 54.8 Å². The maximum atomic E-state index is 13.4. The monoisotopic (exact) mass is 484 g/mol. The second kappa shape index (κ2) is 10.6. The summed E-state index contributed by atoms with van der Waals surface area (Å²) in [6, 6.07) is 21.7. The molecule has 1 N–H and O–H groups in total. The van der Waals surface area contributed by atoms with Crippen LogP contribution in [-0.2, 0) is 11.2 Å². The fourth-order valence-corrected chi connectivity index (χ4v) is 4.66. The molecule has 2 aliphatic heterocycles. The van der Waals surface area contributed by atoms with Crippen LogP contribution in [0.25, 0.3) is 0 Å². The Morgan fingerprint density at radius 1 is 0.806 bits per heavy atom. The Labute approximate surface area is 210 Å². The van der Waals surface area contributed by atoms with Gasteiger partial charge in [0, 0.05) is 30.3 Å². The molecule has 3 aromatic carbocycles. The van der Waals surface area contributed by atoms with Gasteiger partial charge < -0.3 is 19.7 Å². The number of amides is 2. The molecule has 3 aromatic rings. The molecule has 2 amide bonds. The molecule has 0 aromatic heterocycles. The van der Waals surface area contributed by atoms with Crippen molar-refractivity contribution in [3.05, 3.63) is 95.1 Å². The molecule has 7 heteroatoms. The molecule has 0 saturated carbocycles. The molecule has 2 aliphatic rings. The van der Waals surface area contributed by atoms with E-state index in [9.17, 15) is 14.4 Å². The van der Waals surface area contributed by atoms with E-state index in [1.165, 1.54) is 0 Å². The number of nitrogens with zero attached hydrogens (tertiary/aromatic N) is 1. The summed E-state index contributed by atoms with van der Waals surface area (Å²) < 4.78 is 11.2. The van der Waals surface area contributed by atoms with Crippen LogP contribution in [0.3, 0.4) is 0 Å². The van der Waals surface area contributed by atoms with Crippen molar-refractivity contribution in [2.45, 2.75) is 25.3 Å². The van der Waals surface area contributed by atoms with E-state index in [4.69, 9.17) is 9.47 Å². The summed E-state index contributed by atoms with van der Waals surface area (Å²) in [5, 5.41) is 3.09. The summed E-state index contributed by atoms with van der Waals surface area (Å²) in [5.74, 6) is 0.721. The summed E-state index contributed by atoms with van der Waals surface area (Å²) in [4.78, 5) is 40.9. The van der Waals surface area contributed by atoms with Gasteiger partial charge in [-0.3, -0.25) is 14.4 Å². The van der Waals surface area contributed by atoms with E-state index in [0.717, 1.165) is 5.56 Å². The third kappa shape index (κ3) is 5.25. The highest BCUT2D eigenvalue weighted by Crippen LogP contribution is 2.32. The van der Waals surface area contributed by atoms with Crippen LogP contribution in [0.5, 0.6) is 11.5 Å². The van der Waals surface area contributed by atoms with E-state index >= 15 is 0 Å². The van der Waals surface area contributed by atoms with Gasteiger partial charge in [-0.2, -0.15) is 0 Å². The third-order valence-corrected chi connectivity index (χ3v) is 6.56.